The molecule has 2 aromatic rings. The van der Waals surface area contributed by atoms with Crippen molar-refractivity contribution in [2.24, 2.45) is 7.05 Å². The van der Waals surface area contributed by atoms with Crippen LogP contribution in [0.5, 0.6) is 0 Å². The summed E-state index contributed by atoms with van der Waals surface area (Å²) in [6, 6.07) is 6.20. The first-order valence-electron chi connectivity index (χ1n) is 8.12. The highest BCUT2D eigenvalue weighted by atomic mass is 16.4. The van der Waals surface area contributed by atoms with E-state index in [1.54, 1.807) is 16.8 Å². The summed E-state index contributed by atoms with van der Waals surface area (Å²) in [7, 11) is 1.82. The number of rotatable bonds is 5. The third-order valence-electron chi connectivity index (χ3n) is 4.14. The van der Waals surface area contributed by atoms with Crippen molar-refractivity contribution in [3.8, 4) is 0 Å². The van der Waals surface area contributed by atoms with E-state index in [-0.39, 0.29) is 5.91 Å². The highest BCUT2D eigenvalue weighted by Gasteiger charge is 2.23. The molecule has 9 nitrogen and oxygen atoms in total. The van der Waals surface area contributed by atoms with Crippen LogP contribution in [0.1, 0.15) is 32.1 Å². The van der Waals surface area contributed by atoms with E-state index in [4.69, 9.17) is 5.11 Å². The maximum absolute atomic E-state index is 12.5. The number of nitrogens with one attached hydrogen (secondary N) is 3. The average molecular weight is 357 g/mol. The van der Waals surface area contributed by atoms with Gasteiger partial charge in [0.25, 0.3) is 11.8 Å². The van der Waals surface area contributed by atoms with Gasteiger partial charge in [-0.1, -0.05) is 0 Å². The Balaban J connectivity index is 1.69. The Labute approximate surface area is 149 Å². The number of anilines is 1. The summed E-state index contributed by atoms with van der Waals surface area (Å²) >= 11 is 0. The molecule has 2 heterocycles. The minimum Gasteiger partial charge on any atom is -0.480 e. The summed E-state index contributed by atoms with van der Waals surface area (Å²) in [5, 5.41) is 21.2. The van der Waals surface area contributed by atoms with Gasteiger partial charge in [-0.3, -0.25) is 19.1 Å². The Kier molecular flexibility index (Phi) is 4.99. The number of amides is 2. The van der Waals surface area contributed by atoms with Crippen molar-refractivity contribution in [3.63, 3.8) is 0 Å². The second kappa shape index (κ2) is 7.36. The number of carboxylic acids is 1. The van der Waals surface area contributed by atoms with Crippen LogP contribution in [-0.4, -0.2) is 45.8 Å². The van der Waals surface area contributed by atoms with Crippen molar-refractivity contribution in [1.29, 1.82) is 0 Å². The number of aliphatic carboxylic acids is 1. The van der Waals surface area contributed by atoms with Gasteiger partial charge in [-0.25, -0.2) is 0 Å². The van der Waals surface area contributed by atoms with E-state index in [0.717, 1.165) is 24.2 Å². The van der Waals surface area contributed by atoms with Crippen LogP contribution in [0, 0.1) is 0 Å². The number of carbonyl (C=O) groups excluding carboxylic acids is 2. The monoisotopic (exact) mass is 357 g/mol. The summed E-state index contributed by atoms with van der Waals surface area (Å²) in [6.07, 6.45) is 0.826. The van der Waals surface area contributed by atoms with Gasteiger partial charge in [-0.2, -0.15) is 5.10 Å². The molecule has 0 saturated heterocycles. The Hall–Kier alpha value is -3.20. The zero-order chi connectivity index (χ0) is 18.7. The van der Waals surface area contributed by atoms with E-state index < -0.39 is 18.4 Å². The van der Waals surface area contributed by atoms with Crippen molar-refractivity contribution in [2.75, 3.05) is 18.4 Å². The molecule has 136 valence electrons. The lowest BCUT2D eigenvalue weighted by Crippen LogP contribution is -2.29. The summed E-state index contributed by atoms with van der Waals surface area (Å²) in [4.78, 5) is 34.8. The molecule has 1 aliphatic heterocycles. The number of hydrogen-bond donors (Lipinski definition) is 4. The van der Waals surface area contributed by atoms with Crippen LogP contribution in [0.25, 0.3) is 0 Å². The molecule has 0 fully saturated rings. The van der Waals surface area contributed by atoms with Crippen molar-refractivity contribution >= 4 is 23.5 Å². The van der Waals surface area contributed by atoms with E-state index >= 15 is 0 Å². The Morgan fingerprint density at radius 3 is 2.65 bits per heavy atom. The lowest BCUT2D eigenvalue weighted by atomic mass is 10.1. The first-order chi connectivity index (χ1) is 12.5. The molecule has 1 aromatic heterocycles. The zero-order valence-electron chi connectivity index (χ0n) is 14.2. The third kappa shape index (κ3) is 3.72. The smallest absolute Gasteiger partial charge is 0.322 e. The molecule has 26 heavy (non-hydrogen) atoms. The fourth-order valence-corrected chi connectivity index (χ4v) is 2.86. The minimum atomic E-state index is -1.12. The number of aromatic nitrogens is 2. The predicted octanol–water partition coefficient (Wildman–Crippen LogP) is 0.133. The Morgan fingerprint density at radius 2 is 1.96 bits per heavy atom. The van der Waals surface area contributed by atoms with Crippen LogP contribution >= 0.6 is 0 Å². The lowest BCUT2D eigenvalue weighted by molar-refractivity contribution is -0.135. The highest BCUT2D eigenvalue weighted by molar-refractivity contribution is 6.04. The van der Waals surface area contributed by atoms with Gasteiger partial charge in [-0.15, -0.1) is 0 Å². The van der Waals surface area contributed by atoms with E-state index in [1.165, 1.54) is 12.1 Å². The Bertz CT molecular complexity index is 857. The molecule has 1 aliphatic rings. The molecule has 0 aliphatic carbocycles. The second-order valence-electron chi connectivity index (χ2n) is 5.93. The summed E-state index contributed by atoms with van der Waals surface area (Å²) < 4.78 is 1.74. The number of carbonyl (C=O) groups is 3. The molecule has 3 rings (SSSR count). The lowest BCUT2D eigenvalue weighted by Gasteiger charge is -2.14. The van der Waals surface area contributed by atoms with E-state index in [0.29, 0.717) is 23.5 Å². The molecule has 1 aromatic carbocycles. The topological polar surface area (TPSA) is 125 Å². The van der Waals surface area contributed by atoms with Gasteiger partial charge in [0, 0.05) is 49.1 Å². The van der Waals surface area contributed by atoms with E-state index in [9.17, 15) is 14.4 Å². The van der Waals surface area contributed by atoms with Gasteiger partial charge >= 0.3 is 5.97 Å². The summed E-state index contributed by atoms with van der Waals surface area (Å²) in [6.45, 7) is 1.02. The molecular formula is C17H19N5O4. The fraction of sp³-hybridized carbons (Fsp3) is 0.294. The van der Waals surface area contributed by atoms with Gasteiger partial charge in [0.05, 0.1) is 0 Å². The third-order valence-corrected chi connectivity index (χ3v) is 4.14. The highest BCUT2D eigenvalue weighted by Crippen LogP contribution is 2.19. The molecule has 0 radical (unpaired) electrons. The number of carboxylic acid groups (broad SMARTS) is 1. The van der Waals surface area contributed by atoms with Gasteiger partial charge < -0.3 is 21.1 Å². The van der Waals surface area contributed by atoms with Crippen LogP contribution in [0.4, 0.5) is 5.69 Å². The van der Waals surface area contributed by atoms with Gasteiger partial charge in [-0.05, 0) is 24.3 Å². The van der Waals surface area contributed by atoms with E-state index in [1.807, 2.05) is 7.05 Å². The van der Waals surface area contributed by atoms with Crippen LogP contribution < -0.4 is 16.0 Å². The maximum Gasteiger partial charge on any atom is 0.322 e. The first kappa shape index (κ1) is 17.6. The van der Waals surface area contributed by atoms with Crippen molar-refractivity contribution in [3.05, 3.63) is 46.8 Å². The van der Waals surface area contributed by atoms with Crippen molar-refractivity contribution in [1.82, 2.24) is 20.4 Å². The van der Waals surface area contributed by atoms with Gasteiger partial charge in [0.15, 0.2) is 5.69 Å². The second-order valence-corrected chi connectivity index (χ2v) is 5.93. The maximum atomic E-state index is 12.5. The molecule has 4 N–H and O–H groups in total. The molecular weight excluding hydrogens is 338 g/mol. The minimum absolute atomic E-state index is 0.309. The first-order valence-corrected chi connectivity index (χ1v) is 8.12. The van der Waals surface area contributed by atoms with Crippen LogP contribution in [0.2, 0.25) is 0 Å². The van der Waals surface area contributed by atoms with Crippen molar-refractivity contribution < 1.29 is 19.5 Å². The molecule has 0 unspecified atom stereocenters. The molecule has 9 heteroatoms. The van der Waals surface area contributed by atoms with E-state index in [2.05, 4.69) is 21.0 Å². The number of aryl methyl sites for hydroxylation is 1. The zero-order valence-corrected chi connectivity index (χ0v) is 14.2. The number of fused-ring (bicyclic) bond motifs is 1. The standard InChI is InChI=1S/C17H19N5O4/c1-22-13-6-7-18-8-12(13)15(21-22)17(26)20-11-4-2-10(3-5-11)16(25)19-9-14(23)24/h2-5,18H,6-9H2,1H3,(H,19,25)(H,20,26)(H,23,24). The molecule has 0 bridgehead atoms. The molecule has 0 spiro atoms. The van der Waals surface area contributed by atoms with Gasteiger partial charge in [0.2, 0.25) is 0 Å². The van der Waals surface area contributed by atoms with Crippen molar-refractivity contribution in [2.45, 2.75) is 13.0 Å². The van der Waals surface area contributed by atoms with Crippen LogP contribution in [0.3, 0.4) is 0 Å². The number of benzene rings is 1. The van der Waals surface area contributed by atoms with Crippen LogP contribution in [0.15, 0.2) is 24.3 Å². The summed E-state index contributed by atoms with van der Waals surface area (Å²) in [5.41, 5.74) is 3.18. The quantitative estimate of drug-likeness (QED) is 0.603. The molecule has 0 atom stereocenters. The number of nitrogens with zero attached hydrogens (tertiary/aromatic N) is 2. The predicted molar refractivity (Wildman–Crippen MR) is 93.0 cm³/mol. The average Bonchev–Trinajstić information content (AvgIpc) is 2.97. The fourth-order valence-electron chi connectivity index (χ4n) is 2.86. The molecule has 2 amide bonds. The Morgan fingerprint density at radius 1 is 1.23 bits per heavy atom. The largest absolute Gasteiger partial charge is 0.480 e. The number of hydrogen-bond acceptors (Lipinski definition) is 5. The van der Waals surface area contributed by atoms with Crippen LogP contribution in [-0.2, 0) is 24.8 Å². The molecule has 0 saturated carbocycles. The SMILES string of the molecule is Cn1nc(C(=O)Nc2ccc(C(=O)NCC(=O)O)cc2)c2c1CCNC2. The van der Waals surface area contributed by atoms with Gasteiger partial charge in [0.1, 0.15) is 6.54 Å². The summed E-state index contributed by atoms with van der Waals surface area (Å²) in [5.74, 6) is -1.92. The normalized spacial score (nSPS) is 13.0.